The molecule has 0 N–H and O–H groups in total. The maximum absolute atomic E-state index is 6.39. The molecule has 0 saturated carbocycles. The first-order valence-corrected chi connectivity index (χ1v) is 9.59. The molecule has 0 aliphatic carbocycles. The third-order valence-electron chi connectivity index (χ3n) is 6.55. The smallest absolute Gasteiger partial charge is 0.0723 e. The van der Waals surface area contributed by atoms with Gasteiger partial charge in [0.1, 0.15) is 0 Å². The lowest BCUT2D eigenvalue weighted by Gasteiger charge is -2.40. The van der Waals surface area contributed by atoms with Crippen LogP contribution in [0.4, 0.5) is 0 Å². The first kappa shape index (κ1) is 16.3. The van der Waals surface area contributed by atoms with Gasteiger partial charge in [-0.05, 0) is 38.6 Å². The summed E-state index contributed by atoms with van der Waals surface area (Å²) in [5.74, 6) is 0.770. The van der Waals surface area contributed by atoms with E-state index in [1.165, 1.54) is 71.5 Å². The number of hydrogen-bond acceptors (Lipinski definition) is 5. The second-order valence-corrected chi connectivity index (χ2v) is 8.22. The van der Waals surface area contributed by atoms with Crippen LogP contribution in [0.2, 0.25) is 0 Å². The molecule has 2 atom stereocenters. The Bertz CT molecular complexity index is 384. The molecule has 4 heterocycles. The Labute approximate surface area is 140 Å². The molecule has 0 bridgehead atoms. The van der Waals surface area contributed by atoms with Crippen LogP contribution in [0, 0.1) is 5.92 Å². The Morgan fingerprint density at radius 2 is 1.78 bits per heavy atom. The summed E-state index contributed by atoms with van der Waals surface area (Å²) < 4.78 is 11.9. The number of likely N-dealkylation sites (N-methyl/N-ethyl adjacent to an activating group) is 1. The van der Waals surface area contributed by atoms with Gasteiger partial charge in [-0.1, -0.05) is 0 Å². The van der Waals surface area contributed by atoms with E-state index >= 15 is 0 Å². The fourth-order valence-electron chi connectivity index (χ4n) is 4.83. The summed E-state index contributed by atoms with van der Waals surface area (Å²) in [5, 5.41) is 0. The normalized spacial score (nSPS) is 36.9. The van der Waals surface area contributed by atoms with E-state index in [4.69, 9.17) is 9.47 Å². The molecule has 0 aromatic carbocycles. The minimum Gasteiger partial charge on any atom is -0.381 e. The molecule has 4 saturated heterocycles. The van der Waals surface area contributed by atoms with E-state index in [9.17, 15) is 0 Å². The first-order valence-electron chi connectivity index (χ1n) is 9.59. The monoisotopic (exact) mass is 323 g/mol. The summed E-state index contributed by atoms with van der Waals surface area (Å²) in [6, 6.07) is 0.665. The molecule has 4 fully saturated rings. The van der Waals surface area contributed by atoms with Crippen LogP contribution in [-0.4, -0.2) is 99.0 Å². The predicted octanol–water partition coefficient (Wildman–Crippen LogP) is 0.894. The summed E-state index contributed by atoms with van der Waals surface area (Å²) in [6.07, 6.45) is 4.97. The van der Waals surface area contributed by atoms with Crippen molar-refractivity contribution in [2.24, 2.45) is 5.92 Å². The minimum absolute atomic E-state index is 0.191. The zero-order valence-electron chi connectivity index (χ0n) is 14.7. The van der Waals surface area contributed by atoms with Gasteiger partial charge in [0.05, 0.1) is 18.8 Å². The Balaban J connectivity index is 1.24. The van der Waals surface area contributed by atoms with Crippen molar-refractivity contribution in [1.29, 1.82) is 0 Å². The van der Waals surface area contributed by atoms with Crippen molar-refractivity contribution in [3.63, 3.8) is 0 Å². The van der Waals surface area contributed by atoms with E-state index < -0.39 is 0 Å². The van der Waals surface area contributed by atoms with E-state index in [0.29, 0.717) is 6.04 Å². The molecule has 23 heavy (non-hydrogen) atoms. The van der Waals surface area contributed by atoms with Crippen LogP contribution in [0.5, 0.6) is 0 Å². The largest absolute Gasteiger partial charge is 0.381 e. The first-order chi connectivity index (χ1) is 11.2. The number of hydrogen-bond donors (Lipinski definition) is 0. The highest BCUT2D eigenvalue weighted by atomic mass is 16.5. The fourth-order valence-corrected chi connectivity index (χ4v) is 4.83. The van der Waals surface area contributed by atoms with Gasteiger partial charge < -0.3 is 19.3 Å². The van der Waals surface area contributed by atoms with Crippen molar-refractivity contribution in [3.05, 3.63) is 0 Å². The van der Waals surface area contributed by atoms with Crippen molar-refractivity contribution < 1.29 is 9.47 Å². The summed E-state index contributed by atoms with van der Waals surface area (Å²) in [6.45, 7) is 11.4. The Hall–Kier alpha value is -0.200. The molecule has 2 unspecified atom stereocenters. The molecule has 5 heteroatoms. The highest BCUT2D eigenvalue weighted by molar-refractivity contribution is 4.97. The lowest BCUT2D eigenvalue weighted by molar-refractivity contribution is -0.0462. The number of piperazine rings is 1. The molecule has 5 nitrogen and oxygen atoms in total. The standard InChI is InChI=1S/C18H33N3O2/c1-19-7-9-21(10-8-19)17-12-18(23-15-17)3-5-20(6-4-18)13-16-2-11-22-14-16/h16-17H,2-15H2,1H3. The molecular formula is C18H33N3O2. The van der Waals surface area contributed by atoms with Crippen LogP contribution >= 0.6 is 0 Å². The van der Waals surface area contributed by atoms with Gasteiger partial charge in [0.2, 0.25) is 0 Å². The summed E-state index contributed by atoms with van der Waals surface area (Å²) in [7, 11) is 2.23. The quantitative estimate of drug-likeness (QED) is 0.769. The predicted molar refractivity (Wildman–Crippen MR) is 90.8 cm³/mol. The van der Waals surface area contributed by atoms with Crippen LogP contribution in [0.15, 0.2) is 0 Å². The van der Waals surface area contributed by atoms with Gasteiger partial charge in [0, 0.05) is 58.5 Å². The molecular weight excluding hydrogens is 290 g/mol. The maximum Gasteiger partial charge on any atom is 0.0723 e. The lowest BCUT2D eigenvalue weighted by Crippen LogP contribution is -2.50. The number of nitrogens with zero attached hydrogens (tertiary/aromatic N) is 3. The topological polar surface area (TPSA) is 28.2 Å². The van der Waals surface area contributed by atoms with E-state index in [-0.39, 0.29) is 5.60 Å². The van der Waals surface area contributed by atoms with Gasteiger partial charge in [-0.15, -0.1) is 0 Å². The van der Waals surface area contributed by atoms with E-state index in [0.717, 1.165) is 25.7 Å². The summed E-state index contributed by atoms with van der Waals surface area (Å²) in [4.78, 5) is 7.77. The summed E-state index contributed by atoms with van der Waals surface area (Å²) >= 11 is 0. The van der Waals surface area contributed by atoms with Crippen molar-refractivity contribution in [3.8, 4) is 0 Å². The van der Waals surface area contributed by atoms with Gasteiger partial charge in [0.15, 0.2) is 0 Å². The van der Waals surface area contributed by atoms with Crippen molar-refractivity contribution in [2.75, 3.05) is 72.7 Å². The number of ether oxygens (including phenoxy) is 2. The van der Waals surface area contributed by atoms with Gasteiger partial charge in [-0.3, -0.25) is 4.90 Å². The minimum atomic E-state index is 0.191. The number of piperidine rings is 1. The lowest BCUT2D eigenvalue weighted by atomic mass is 9.86. The van der Waals surface area contributed by atoms with Crippen LogP contribution in [0.25, 0.3) is 0 Å². The number of rotatable bonds is 3. The molecule has 0 aromatic rings. The molecule has 4 rings (SSSR count). The SMILES string of the molecule is CN1CCN(C2COC3(CCN(CC4CCOC4)CC3)C2)CC1. The van der Waals surface area contributed by atoms with Crippen molar-refractivity contribution in [1.82, 2.24) is 14.7 Å². The molecule has 1 spiro atoms. The van der Waals surface area contributed by atoms with Crippen LogP contribution in [-0.2, 0) is 9.47 Å². The zero-order chi connectivity index (χ0) is 15.7. The Morgan fingerprint density at radius 1 is 1.00 bits per heavy atom. The number of likely N-dealkylation sites (tertiary alicyclic amines) is 1. The highest BCUT2D eigenvalue weighted by Gasteiger charge is 2.44. The zero-order valence-corrected chi connectivity index (χ0v) is 14.7. The molecule has 132 valence electrons. The van der Waals surface area contributed by atoms with Crippen LogP contribution in [0.3, 0.4) is 0 Å². The average molecular weight is 323 g/mol. The average Bonchev–Trinajstić information content (AvgIpc) is 3.21. The van der Waals surface area contributed by atoms with Gasteiger partial charge in [0.25, 0.3) is 0 Å². The summed E-state index contributed by atoms with van der Waals surface area (Å²) in [5.41, 5.74) is 0.191. The van der Waals surface area contributed by atoms with Crippen molar-refractivity contribution in [2.45, 2.75) is 37.3 Å². The third kappa shape index (κ3) is 3.74. The molecule has 0 amide bonds. The Kier molecular flexibility index (Phi) is 4.93. The second-order valence-electron chi connectivity index (χ2n) is 8.22. The third-order valence-corrected chi connectivity index (χ3v) is 6.55. The van der Waals surface area contributed by atoms with E-state index in [2.05, 4.69) is 21.7 Å². The molecule has 0 aromatic heterocycles. The van der Waals surface area contributed by atoms with E-state index in [1.807, 2.05) is 0 Å². The van der Waals surface area contributed by atoms with Crippen LogP contribution in [0.1, 0.15) is 25.7 Å². The van der Waals surface area contributed by atoms with Crippen LogP contribution < -0.4 is 0 Å². The second kappa shape index (κ2) is 6.96. The van der Waals surface area contributed by atoms with Gasteiger partial charge >= 0.3 is 0 Å². The molecule has 4 aliphatic rings. The molecule has 0 radical (unpaired) electrons. The highest BCUT2D eigenvalue weighted by Crippen LogP contribution is 2.38. The fraction of sp³-hybridized carbons (Fsp3) is 1.00. The van der Waals surface area contributed by atoms with Crippen molar-refractivity contribution >= 4 is 0 Å². The van der Waals surface area contributed by atoms with Gasteiger partial charge in [-0.2, -0.15) is 0 Å². The maximum atomic E-state index is 6.39. The van der Waals surface area contributed by atoms with E-state index in [1.54, 1.807) is 0 Å². The Morgan fingerprint density at radius 3 is 2.48 bits per heavy atom. The molecule has 4 aliphatic heterocycles. The van der Waals surface area contributed by atoms with Gasteiger partial charge in [-0.25, -0.2) is 0 Å².